The summed E-state index contributed by atoms with van der Waals surface area (Å²) in [6.45, 7) is 2.72. The number of ketones is 1. The molecule has 0 aliphatic carbocycles. The van der Waals surface area contributed by atoms with Crippen LogP contribution in [-0.4, -0.2) is 38.4 Å². The maximum absolute atomic E-state index is 12.0. The van der Waals surface area contributed by atoms with Crippen molar-refractivity contribution in [2.24, 2.45) is 5.92 Å². The molecule has 0 amide bonds. The number of rotatable bonds is 5. The van der Waals surface area contributed by atoms with Gasteiger partial charge in [-0.2, -0.15) is 0 Å². The zero-order chi connectivity index (χ0) is 12.1. The number of methoxy groups -OCH3 is 1. The smallest absolute Gasteiger partial charge is 0.166 e. The van der Waals surface area contributed by atoms with Crippen LogP contribution in [0.4, 0.5) is 0 Å². The van der Waals surface area contributed by atoms with Crippen LogP contribution in [0.2, 0.25) is 0 Å². The lowest BCUT2D eigenvalue weighted by atomic mass is 9.99. The van der Waals surface area contributed by atoms with Gasteiger partial charge in [0.1, 0.15) is 5.75 Å². The fourth-order valence-electron chi connectivity index (χ4n) is 1.67. The van der Waals surface area contributed by atoms with Crippen molar-refractivity contribution in [2.75, 3.05) is 27.7 Å². The first-order chi connectivity index (χ1) is 7.54. The molecule has 0 aliphatic rings. The molecule has 1 atom stereocenters. The van der Waals surface area contributed by atoms with Crippen molar-refractivity contribution in [3.63, 3.8) is 0 Å². The van der Waals surface area contributed by atoms with E-state index in [1.54, 1.807) is 7.11 Å². The molecule has 0 N–H and O–H groups in total. The van der Waals surface area contributed by atoms with E-state index in [-0.39, 0.29) is 11.7 Å². The lowest BCUT2D eigenvalue weighted by molar-refractivity contribution is 0.0910. The van der Waals surface area contributed by atoms with E-state index in [4.69, 9.17) is 4.74 Å². The summed E-state index contributed by atoms with van der Waals surface area (Å²) in [7, 11) is 5.56. The van der Waals surface area contributed by atoms with Crippen LogP contribution in [0.1, 0.15) is 17.3 Å². The number of carbonyl (C=O) groups excluding carboxylic acids is 1. The van der Waals surface area contributed by atoms with Gasteiger partial charge in [-0.25, -0.2) is 0 Å². The molecule has 3 heteroatoms. The van der Waals surface area contributed by atoms with Crippen molar-refractivity contribution in [1.29, 1.82) is 0 Å². The monoisotopic (exact) mass is 221 g/mol. The summed E-state index contributed by atoms with van der Waals surface area (Å²) in [5.41, 5.74) is 0.746. The Morgan fingerprint density at radius 1 is 1.31 bits per heavy atom. The van der Waals surface area contributed by atoms with Gasteiger partial charge < -0.3 is 9.64 Å². The molecule has 16 heavy (non-hydrogen) atoms. The highest BCUT2D eigenvalue weighted by Crippen LogP contribution is 2.15. The van der Waals surface area contributed by atoms with Crippen molar-refractivity contribution >= 4 is 5.78 Å². The molecule has 1 aromatic rings. The minimum absolute atomic E-state index is 0.0170. The third kappa shape index (κ3) is 3.35. The van der Waals surface area contributed by atoms with Gasteiger partial charge in [0.05, 0.1) is 7.11 Å². The van der Waals surface area contributed by atoms with Crippen LogP contribution < -0.4 is 4.74 Å². The summed E-state index contributed by atoms with van der Waals surface area (Å²) in [5, 5.41) is 0. The Labute approximate surface area is 97.0 Å². The van der Waals surface area contributed by atoms with Gasteiger partial charge in [0.2, 0.25) is 0 Å². The van der Waals surface area contributed by atoms with E-state index in [9.17, 15) is 4.79 Å². The molecule has 88 valence electrons. The maximum atomic E-state index is 12.0. The Morgan fingerprint density at radius 3 is 2.31 bits per heavy atom. The first-order valence-electron chi connectivity index (χ1n) is 5.37. The van der Waals surface area contributed by atoms with Gasteiger partial charge in [0.25, 0.3) is 0 Å². The molecule has 0 heterocycles. The Hall–Kier alpha value is -1.35. The van der Waals surface area contributed by atoms with E-state index in [1.165, 1.54) is 0 Å². The highest BCUT2D eigenvalue weighted by molar-refractivity contribution is 5.97. The van der Waals surface area contributed by atoms with Crippen LogP contribution >= 0.6 is 0 Å². The summed E-state index contributed by atoms with van der Waals surface area (Å²) in [5.74, 6) is 0.969. The summed E-state index contributed by atoms with van der Waals surface area (Å²) in [6.07, 6.45) is 0. The average Bonchev–Trinajstić information content (AvgIpc) is 2.27. The maximum Gasteiger partial charge on any atom is 0.166 e. The van der Waals surface area contributed by atoms with Crippen molar-refractivity contribution in [1.82, 2.24) is 4.90 Å². The van der Waals surface area contributed by atoms with Crippen LogP contribution in [0.3, 0.4) is 0 Å². The van der Waals surface area contributed by atoms with Crippen LogP contribution in [0.5, 0.6) is 5.75 Å². The lowest BCUT2D eigenvalue weighted by Gasteiger charge is -2.15. The van der Waals surface area contributed by atoms with E-state index in [0.29, 0.717) is 0 Å². The molecule has 1 aromatic carbocycles. The topological polar surface area (TPSA) is 29.5 Å². The minimum atomic E-state index is 0.0170. The van der Waals surface area contributed by atoms with Gasteiger partial charge in [-0.15, -0.1) is 0 Å². The van der Waals surface area contributed by atoms with Crippen molar-refractivity contribution in [3.05, 3.63) is 29.8 Å². The molecule has 0 radical (unpaired) electrons. The lowest BCUT2D eigenvalue weighted by Crippen LogP contribution is -2.25. The summed E-state index contributed by atoms with van der Waals surface area (Å²) in [6, 6.07) is 7.26. The SMILES string of the molecule is COc1ccc(C(=O)C(C)CN(C)C)cc1. The number of Topliss-reactive ketones (excluding diaryl/α,β-unsaturated/α-hetero) is 1. The third-order valence-corrected chi connectivity index (χ3v) is 2.46. The van der Waals surface area contributed by atoms with E-state index < -0.39 is 0 Å². The number of nitrogens with zero attached hydrogens (tertiary/aromatic N) is 1. The van der Waals surface area contributed by atoms with Crippen LogP contribution in [0.25, 0.3) is 0 Å². The number of ether oxygens (including phenoxy) is 1. The van der Waals surface area contributed by atoms with Gasteiger partial charge >= 0.3 is 0 Å². The fourth-order valence-corrected chi connectivity index (χ4v) is 1.67. The molecule has 0 saturated heterocycles. The Bertz CT molecular complexity index is 343. The highest BCUT2D eigenvalue weighted by atomic mass is 16.5. The van der Waals surface area contributed by atoms with Crippen molar-refractivity contribution in [2.45, 2.75) is 6.92 Å². The molecular formula is C13H19NO2. The first kappa shape index (κ1) is 12.7. The second-order valence-electron chi connectivity index (χ2n) is 4.26. The first-order valence-corrected chi connectivity index (χ1v) is 5.37. The van der Waals surface area contributed by atoms with E-state index in [1.807, 2.05) is 50.2 Å². The molecule has 3 nitrogen and oxygen atoms in total. The number of hydrogen-bond donors (Lipinski definition) is 0. The van der Waals surface area contributed by atoms with Gasteiger partial charge in [0.15, 0.2) is 5.78 Å². The molecule has 1 unspecified atom stereocenters. The minimum Gasteiger partial charge on any atom is -0.497 e. The third-order valence-electron chi connectivity index (χ3n) is 2.46. The molecule has 0 fully saturated rings. The fraction of sp³-hybridized carbons (Fsp3) is 0.462. The van der Waals surface area contributed by atoms with Crippen molar-refractivity contribution in [3.8, 4) is 5.75 Å². The predicted octanol–water partition coefficient (Wildman–Crippen LogP) is 2.08. The summed E-state index contributed by atoms with van der Waals surface area (Å²) >= 11 is 0. The van der Waals surface area contributed by atoms with Crippen molar-refractivity contribution < 1.29 is 9.53 Å². The van der Waals surface area contributed by atoms with Gasteiger partial charge in [-0.05, 0) is 38.4 Å². The summed E-state index contributed by atoms with van der Waals surface area (Å²) in [4.78, 5) is 14.0. The molecule has 0 aliphatic heterocycles. The standard InChI is InChI=1S/C13H19NO2/c1-10(9-14(2)3)13(15)11-5-7-12(16-4)8-6-11/h5-8,10H,9H2,1-4H3. The second kappa shape index (κ2) is 5.66. The average molecular weight is 221 g/mol. The van der Waals surface area contributed by atoms with E-state index in [0.717, 1.165) is 17.9 Å². The molecule has 0 bridgehead atoms. The Kier molecular flexibility index (Phi) is 4.50. The zero-order valence-corrected chi connectivity index (χ0v) is 10.4. The number of hydrogen-bond acceptors (Lipinski definition) is 3. The molecule has 0 aromatic heterocycles. The molecule has 1 rings (SSSR count). The Morgan fingerprint density at radius 2 is 1.88 bits per heavy atom. The quantitative estimate of drug-likeness (QED) is 0.713. The normalized spacial score (nSPS) is 12.6. The summed E-state index contributed by atoms with van der Waals surface area (Å²) < 4.78 is 5.05. The highest BCUT2D eigenvalue weighted by Gasteiger charge is 2.15. The molecule has 0 saturated carbocycles. The second-order valence-corrected chi connectivity index (χ2v) is 4.26. The van der Waals surface area contributed by atoms with Crippen LogP contribution in [0.15, 0.2) is 24.3 Å². The largest absolute Gasteiger partial charge is 0.497 e. The van der Waals surface area contributed by atoms with E-state index in [2.05, 4.69) is 0 Å². The number of carbonyl (C=O) groups is 1. The molecular weight excluding hydrogens is 202 g/mol. The molecule has 0 spiro atoms. The van der Waals surface area contributed by atoms with Gasteiger partial charge in [0, 0.05) is 18.0 Å². The zero-order valence-electron chi connectivity index (χ0n) is 10.4. The van der Waals surface area contributed by atoms with Gasteiger partial charge in [-0.3, -0.25) is 4.79 Å². The Balaban J connectivity index is 2.72. The van der Waals surface area contributed by atoms with E-state index >= 15 is 0 Å². The number of benzene rings is 1. The van der Waals surface area contributed by atoms with Gasteiger partial charge in [-0.1, -0.05) is 6.92 Å². The van der Waals surface area contributed by atoms with Crippen LogP contribution in [-0.2, 0) is 0 Å². The predicted molar refractivity (Wildman–Crippen MR) is 65.0 cm³/mol. The van der Waals surface area contributed by atoms with Crippen LogP contribution in [0, 0.1) is 5.92 Å².